The van der Waals surface area contributed by atoms with Crippen molar-refractivity contribution in [2.24, 2.45) is 0 Å². The van der Waals surface area contributed by atoms with Gasteiger partial charge in [-0.05, 0) is 118 Å². The van der Waals surface area contributed by atoms with Crippen LogP contribution in [0.2, 0.25) is 0 Å². The number of benzene rings is 8. The Morgan fingerprint density at radius 3 is 1.82 bits per heavy atom. The molecule has 3 aliphatic rings. The number of anilines is 6. The van der Waals surface area contributed by atoms with Gasteiger partial charge in [-0.25, -0.2) is 0 Å². The van der Waals surface area contributed by atoms with Gasteiger partial charge in [0, 0.05) is 67.8 Å². The maximum atomic E-state index is 6.97. The Morgan fingerprint density at radius 1 is 0.507 bits per heavy atom. The lowest BCUT2D eigenvalue weighted by Gasteiger charge is -2.40. The van der Waals surface area contributed by atoms with Crippen LogP contribution >= 0.6 is 11.8 Å². The molecule has 0 spiro atoms. The quantitative estimate of drug-likeness (QED) is 0.149. The van der Waals surface area contributed by atoms with Crippen molar-refractivity contribution in [1.82, 2.24) is 9.97 Å². The maximum absolute atomic E-state index is 6.97. The molecule has 0 N–H and O–H groups in total. The van der Waals surface area contributed by atoms with Crippen molar-refractivity contribution < 1.29 is 4.74 Å². The first-order valence-corrected chi connectivity index (χ1v) is 25.3. The third-order valence-corrected chi connectivity index (χ3v) is 17.9. The van der Waals surface area contributed by atoms with E-state index in [1.807, 2.05) is 36.3 Å². The standard InChI is InChI=1S/C59H41BN4OSSi/c1-39-17-5-8-24-48(39)63(42-18-3-2-4-19-42)49-25-9-12-28-56(49)67-57-35-40(46-22-13-15-33-61-46)29-31-50(57)64(51-32-30-41(36-58(51)67)47-23-14-16-34-62-47)43-37-53-59-55(38-43)66-54-27-11-7-21-45(54)60(59)44-20-6-10-26-52(44)65-53/h2-38,67H,1H3. The number of ether oxygens (including phenoxy) is 1. The van der Waals surface area contributed by atoms with Gasteiger partial charge in [0.15, 0.2) is 0 Å². The first-order valence-electron chi connectivity index (χ1n) is 22.8. The number of nitrogens with zero attached hydrogens (tertiary/aromatic N) is 4. The van der Waals surface area contributed by atoms with E-state index >= 15 is 0 Å². The fourth-order valence-electron chi connectivity index (χ4n) is 10.5. The van der Waals surface area contributed by atoms with Crippen LogP contribution in [0, 0.1) is 6.92 Å². The summed E-state index contributed by atoms with van der Waals surface area (Å²) in [7, 11) is -2.41. The lowest BCUT2D eigenvalue weighted by atomic mass is 9.35. The summed E-state index contributed by atoms with van der Waals surface area (Å²) in [6, 6.07) is 77.1. The van der Waals surface area contributed by atoms with E-state index in [4.69, 9.17) is 14.7 Å². The summed E-state index contributed by atoms with van der Waals surface area (Å²) in [5, 5.41) is 3.95. The van der Waals surface area contributed by atoms with E-state index in [0.717, 1.165) is 62.5 Å². The van der Waals surface area contributed by atoms with E-state index in [2.05, 4.69) is 217 Å². The molecule has 0 atom stereocenters. The van der Waals surface area contributed by atoms with Crippen LogP contribution in [0.4, 0.5) is 34.1 Å². The molecule has 0 unspecified atom stereocenters. The van der Waals surface area contributed by atoms with Crippen molar-refractivity contribution in [1.29, 1.82) is 0 Å². The fourth-order valence-corrected chi connectivity index (χ4v) is 15.3. The van der Waals surface area contributed by atoms with Crippen LogP contribution < -0.4 is 46.5 Å². The molecule has 0 bridgehead atoms. The Labute approximate surface area is 396 Å². The van der Waals surface area contributed by atoms with E-state index in [9.17, 15) is 0 Å². The third-order valence-electron chi connectivity index (χ3n) is 13.5. The van der Waals surface area contributed by atoms with Crippen LogP contribution in [0.3, 0.4) is 0 Å². The van der Waals surface area contributed by atoms with Gasteiger partial charge in [-0.1, -0.05) is 145 Å². The first kappa shape index (κ1) is 39.5. The fraction of sp³-hybridized carbons (Fsp3) is 0.0169. The second kappa shape index (κ2) is 16.2. The molecular formula is C59H41BN4OSSi. The second-order valence-electron chi connectivity index (χ2n) is 17.3. The summed E-state index contributed by atoms with van der Waals surface area (Å²) in [5.41, 5.74) is 15.9. The molecule has 0 amide bonds. The number of aromatic nitrogens is 2. The summed E-state index contributed by atoms with van der Waals surface area (Å²) in [6.07, 6.45) is 3.78. The van der Waals surface area contributed by atoms with Crippen LogP contribution in [0.1, 0.15) is 5.56 Å². The van der Waals surface area contributed by atoms with E-state index in [0.29, 0.717) is 0 Å². The van der Waals surface area contributed by atoms with Crippen LogP contribution in [0.25, 0.3) is 22.5 Å². The maximum Gasteiger partial charge on any atom is 0.253 e. The van der Waals surface area contributed by atoms with Crippen LogP contribution in [0.15, 0.2) is 235 Å². The SMILES string of the molecule is Cc1ccccc1N(c1ccccc1)c1ccccc1[SiH]1c2cc(-c3ccccn3)ccc2N(c2cc3c4c(c2)Sc2ccccc2B4c2ccccc2O3)c2ccc(-c3ccccn3)cc21. The van der Waals surface area contributed by atoms with Crippen LogP contribution in [-0.4, -0.2) is 25.5 Å². The molecular weight excluding hydrogens is 852 g/mol. The highest BCUT2D eigenvalue weighted by Crippen LogP contribution is 2.45. The summed E-state index contributed by atoms with van der Waals surface area (Å²) in [6.45, 7) is 2.29. The zero-order valence-electron chi connectivity index (χ0n) is 36.6. The zero-order valence-corrected chi connectivity index (χ0v) is 38.6. The van der Waals surface area contributed by atoms with Gasteiger partial charge in [0.05, 0.1) is 17.1 Å². The Bertz CT molecular complexity index is 3380. The average molecular weight is 893 g/mol. The second-order valence-corrected chi connectivity index (χ2v) is 21.1. The van der Waals surface area contributed by atoms with Crippen molar-refractivity contribution in [2.75, 3.05) is 9.80 Å². The summed E-state index contributed by atoms with van der Waals surface area (Å²) in [4.78, 5) is 17.2. The minimum absolute atomic E-state index is 0.0818. The van der Waals surface area contributed by atoms with E-state index in [-0.39, 0.29) is 6.71 Å². The van der Waals surface area contributed by atoms with Gasteiger partial charge >= 0.3 is 0 Å². The Morgan fingerprint density at radius 2 is 1.12 bits per heavy atom. The molecule has 8 heteroatoms. The molecule has 0 fully saturated rings. The molecule has 5 heterocycles. The molecule has 0 saturated heterocycles. The number of hydrogen-bond acceptors (Lipinski definition) is 6. The van der Waals surface area contributed by atoms with Gasteiger partial charge in [0.2, 0.25) is 0 Å². The number of rotatable bonds is 7. The molecule has 13 rings (SSSR count). The first-order chi connectivity index (χ1) is 33.2. The highest BCUT2D eigenvalue weighted by Gasteiger charge is 2.41. The van der Waals surface area contributed by atoms with Gasteiger partial charge in [-0.2, -0.15) is 0 Å². The molecule has 2 aromatic heterocycles. The molecule has 0 radical (unpaired) electrons. The van der Waals surface area contributed by atoms with Crippen molar-refractivity contribution in [3.05, 3.63) is 230 Å². The molecule has 3 aliphatic heterocycles. The van der Waals surface area contributed by atoms with Gasteiger partial charge in [0.1, 0.15) is 20.3 Å². The van der Waals surface area contributed by atoms with Crippen molar-refractivity contribution in [2.45, 2.75) is 16.7 Å². The van der Waals surface area contributed by atoms with E-state index in [1.165, 1.54) is 53.0 Å². The van der Waals surface area contributed by atoms with E-state index in [1.54, 1.807) is 0 Å². The number of hydrogen-bond donors (Lipinski definition) is 0. The topological polar surface area (TPSA) is 41.5 Å². The summed E-state index contributed by atoms with van der Waals surface area (Å²) < 4.78 is 6.97. The number of fused-ring (bicyclic) bond motifs is 6. The minimum Gasteiger partial charge on any atom is -0.458 e. The highest BCUT2D eigenvalue weighted by atomic mass is 32.2. The molecule has 10 aromatic rings. The molecule has 0 aliphatic carbocycles. The largest absolute Gasteiger partial charge is 0.458 e. The Kier molecular flexibility index (Phi) is 9.54. The lowest BCUT2D eigenvalue weighted by Crippen LogP contribution is -2.58. The van der Waals surface area contributed by atoms with Gasteiger partial charge in [-0.15, -0.1) is 0 Å². The number of aryl methyl sites for hydroxylation is 1. The highest BCUT2D eigenvalue weighted by molar-refractivity contribution is 8.00. The molecule has 316 valence electrons. The van der Waals surface area contributed by atoms with Crippen LogP contribution in [0.5, 0.6) is 11.5 Å². The van der Waals surface area contributed by atoms with Crippen molar-refractivity contribution in [3.8, 4) is 34.0 Å². The van der Waals surface area contributed by atoms with Crippen molar-refractivity contribution >= 4 is 93.3 Å². The molecule has 5 nitrogen and oxygen atoms in total. The van der Waals surface area contributed by atoms with E-state index < -0.39 is 8.80 Å². The average Bonchev–Trinajstić information content (AvgIpc) is 3.39. The lowest BCUT2D eigenvalue weighted by molar-refractivity contribution is 0.486. The number of pyridine rings is 2. The predicted octanol–water partition coefficient (Wildman–Crippen LogP) is 10.7. The third kappa shape index (κ3) is 6.63. The molecule has 8 aromatic carbocycles. The minimum atomic E-state index is -2.41. The Balaban J connectivity index is 1.08. The molecule has 67 heavy (non-hydrogen) atoms. The van der Waals surface area contributed by atoms with Gasteiger partial charge in [0.25, 0.3) is 6.71 Å². The Hall–Kier alpha value is -7.91. The van der Waals surface area contributed by atoms with Crippen LogP contribution in [-0.2, 0) is 0 Å². The van der Waals surface area contributed by atoms with Gasteiger partial charge < -0.3 is 14.5 Å². The predicted molar refractivity (Wildman–Crippen MR) is 281 cm³/mol. The number of para-hydroxylation sites is 4. The van der Waals surface area contributed by atoms with Crippen molar-refractivity contribution in [3.63, 3.8) is 0 Å². The van der Waals surface area contributed by atoms with Gasteiger partial charge in [-0.3, -0.25) is 9.97 Å². The summed E-state index contributed by atoms with van der Waals surface area (Å²) in [5.74, 6) is 1.81. The zero-order chi connectivity index (χ0) is 44.4. The molecule has 0 saturated carbocycles. The smallest absolute Gasteiger partial charge is 0.253 e. The normalized spacial score (nSPS) is 13.1. The summed E-state index contributed by atoms with van der Waals surface area (Å²) >= 11 is 1.84. The monoisotopic (exact) mass is 892 g/mol.